The highest BCUT2D eigenvalue weighted by Gasteiger charge is 2.27. The Kier molecular flexibility index (Phi) is 3.02. The van der Waals surface area contributed by atoms with Crippen molar-refractivity contribution in [2.75, 3.05) is 11.5 Å². The van der Waals surface area contributed by atoms with Crippen LogP contribution in [0.5, 0.6) is 0 Å². The lowest BCUT2D eigenvalue weighted by Crippen LogP contribution is -2.09. The van der Waals surface area contributed by atoms with Gasteiger partial charge in [0, 0.05) is 5.75 Å². The van der Waals surface area contributed by atoms with Crippen molar-refractivity contribution >= 4 is 17.6 Å². The first-order valence-corrected chi connectivity index (χ1v) is 4.32. The van der Waals surface area contributed by atoms with Gasteiger partial charge in [-0.05, 0) is 11.8 Å². The van der Waals surface area contributed by atoms with Crippen molar-refractivity contribution in [2.45, 2.75) is 12.1 Å². The number of hydrogen-bond donors (Lipinski definition) is 1. The first-order chi connectivity index (χ1) is 5.97. The minimum Gasteiger partial charge on any atom is -0.381 e. The van der Waals surface area contributed by atoms with E-state index in [2.05, 4.69) is 10.2 Å². The summed E-state index contributed by atoms with van der Waals surface area (Å²) in [6.45, 7) is 0.0986. The Bertz CT molecular complexity index is 271. The second kappa shape index (κ2) is 3.86. The van der Waals surface area contributed by atoms with E-state index in [1.54, 1.807) is 0 Å². The van der Waals surface area contributed by atoms with Crippen molar-refractivity contribution in [3.8, 4) is 0 Å². The summed E-state index contributed by atoms with van der Waals surface area (Å²) >= 11 is -0.104. The van der Waals surface area contributed by atoms with E-state index in [-0.39, 0.29) is 29.9 Å². The van der Waals surface area contributed by atoms with Crippen molar-refractivity contribution in [3.05, 3.63) is 6.20 Å². The van der Waals surface area contributed by atoms with Gasteiger partial charge in [0.1, 0.15) is 0 Å². The van der Waals surface area contributed by atoms with Gasteiger partial charge in [-0.25, -0.2) is 0 Å². The average molecular weight is 212 g/mol. The molecule has 0 unspecified atom stereocenters. The van der Waals surface area contributed by atoms with Crippen LogP contribution in [0.25, 0.3) is 0 Å². The summed E-state index contributed by atoms with van der Waals surface area (Å²) in [6.07, 6.45) is 1.29. The predicted octanol–water partition coefficient (Wildman–Crippen LogP) is 1.11. The van der Waals surface area contributed by atoms with Gasteiger partial charge >= 0.3 is 5.51 Å². The molecule has 0 aliphatic heterocycles. The van der Waals surface area contributed by atoms with Crippen LogP contribution in [-0.4, -0.2) is 26.3 Å². The molecule has 1 heterocycles. The number of nitrogens with zero attached hydrogens (tertiary/aromatic N) is 3. The summed E-state index contributed by atoms with van der Waals surface area (Å²) in [4.78, 5) is 1.13. The zero-order valence-corrected chi connectivity index (χ0v) is 7.27. The standard InChI is InChI=1S/C5H7F3N4S/c6-5(7,8)13-2-1-12-10-3-4(9)11-12/h3H,1-2H2,(H2,9,11). The molecule has 0 bridgehead atoms. The largest absolute Gasteiger partial charge is 0.441 e. The summed E-state index contributed by atoms with van der Waals surface area (Å²) in [5, 5.41) is 7.27. The molecule has 1 rings (SSSR count). The number of anilines is 1. The minimum absolute atomic E-state index is 0.0986. The van der Waals surface area contributed by atoms with E-state index in [1.807, 2.05) is 0 Å². The molecule has 0 aromatic carbocycles. The Morgan fingerprint density at radius 2 is 2.23 bits per heavy atom. The van der Waals surface area contributed by atoms with E-state index in [9.17, 15) is 13.2 Å². The SMILES string of the molecule is Nc1cnn(CCSC(F)(F)F)n1. The Hall–Kier alpha value is -0.920. The van der Waals surface area contributed by atoms with Crippen LogP contribution in [0, 0.1) is 0 Å². The Morgan fingerprint density at radius 1 is 1.54 bits per heavy atom. The fourth-order valence-electron chi connectivity index (χ4n) is 0.661. The number of halogens is 3. The molecule has 0 amide bonds. The number of nitrogen functional groups attached to an aromatic ring is 1. The highest BCUT2D eigenvalue weighted by atomic mass is 32.2. The lowest BCUT2D eigenvalue weighted by atomic mass is 10.8. The van der Waals surface area contributed by atoms with E-state index in [0.29, 0.717) is 0 Å². The van der Waals surface area contributed by atoms with Crippen LogP contribution in [0.4, 0.5) is 19.0 Å². The van der Waals surface area contributed by atoms with Gasteiger partial charge in [0.25, 0.3) is 0 Å². The molecule has 0 aliphatic rings. The molecule has 74 valence electrons. The fourth-order valence-corrected chi connectivity index (χ4v) is 1.15. The molecule has 0 fully saturated rings. The maximum Gasteiger partial charge on any atom is 0.441 e. The van der Waals surface area contributed by atoms with Crippen LogP contribution in [0.3, 0.4) is 0 Å². The van der Waals surface area contributed by atoms with Crippen LogP contribution < -0.4 is 5.73 Å². The van der Waals surface area contributed by atoms with Crippen molar-refractivity contribution in [2.24, 2.45) is 0 Å². The molecule has 0 aliphatic carbocycles. The zero-order valence-electron chi connectivity index (χ0n) is 6.45. The van der Waals surface area contributed by atoms with E-state index >= 15 is 0 Å². The maximum absolute atomic E-state index is 11.7. The molecular formula is C5H7F3N4S. The second-order valence-corrected chi connectivity index (χ2v) is 3.32. The van der Waals surface area contributed by atoms with Gasteiger partial charge in [-0.3, -0.25) is 0 Å². The molecule has 0 radical (unpaired) electrons. The quantitative estimate of drug-likeness (QED) is 0.815. The molecule has 0 spiro atoms. The normalized spacial score (nSPS) is 11.9. The van der Waals surface area contributed by atoms with Crippen molar-refractivity contribution in [1.29, 1.82) is 0 Å². The number of thioether (sulfide) groups is 1. The summed E-state index contributed by atoms with van der Waals surface area (Å²) in [7, 11) is 0. The van der Waals surface area contributed by atoms with Crippen LogP contribution >= 0.6 is 11.8 Å². The summed E-state index contributed by atoms with van der Waals surface area (Å²) in [6, 6.07) is 0. The third-order valence-corrected chi connectivity index (χ3v) is 1.83. The van der Waals surface area contributed by atoms with Gasteiger partial charge in [0.2, 0.25) is 0 Å². The topological polar surface area (TPSA) is 56.7 Å². The molecule has 0 saturated heterocycles. The van der Waals surface area contributed by atoms with Gasteiger partial charge in [-0.1, -0.05) is 0 Å². The highest BCUT2D eigenvalue weighted by Crippen LogP contribution is 2.29. The minimum atomic E-state index is -4.20. The van der Waals surface area contributed by atoms with E-state index < -0.39 is 5.51 Å². The van der Waals surface area contributed by atoms with Crippen molar-refractivity contribution in [1.82, 2.24) is 15.0 Å². The number of rotatable bonds is 3. The smallest absolute Gasteiger partial charge is 0.381 e. The van der Waals surface area contributed by atoms with Gasteiger partial charge < -0.3 is 5.73 Å². The molecule has 4 nitrogen and oxygen atoms in total. The third kappa shape index (κ3) is 4.02. The first kappa shape index (κ1) is 10.2. The van der Waals surface area contributed by atoms with Crippen molar-refractivity contribution in [3.63, 3.8) is 0 Å². The lowest BCUT2D eigenvalue weighted by Gasteiger charge is -2.03. The Labute approximate surface area is 76.3 Å². The Morgan fingerprint density at radius 3 is 2.69 bits per heavy atom. The van der Waals surface area contributed by atoms with Crippen LogP contribution in [0.1, 0.15) is 0 Å². The van der Waals surface area contributed by atoms with E-state index in [1.165, 1.54) is 6.20 Å². The molecule has 0 atom stereocenters. The molecule has 1 aromatic heterocycles. The van der Waals surface area contributed by atoms with Crippen molar-refractivity contribution < 1.29 is 13.2 Å². The third-order valence-electron chi connectivity index (χ3n) is 1.11. The van der Waals surface area contributed by atoms with Crippen LogP contribution in [0.2, 0.25) is 0 Å². The van der Waals surface area contributed by atoms with Gasteiger partial charge in [0.15, 0.2) is 5.82 Å². The summed E-state index contributed by atoms with van der Waals surface area (Å²) < 4.78 is 35.0. The number of aromatic nitrogens is 3. The average Bonchev–Trinajstić information content (AvgIpc) is 2.33. The monoisotopic (exact) mass is 212 g/mol. The van der Waals surface area contributed by atoms with Crippen LogP contribution in [0.15, 0.2) is 6.20 Å². The molecule has 8 heteroatoms. The molecule has 2 N–H and O–H groups in total. The molecular weight excluding hydrogens is 205 g/mol. The van der Waals surface area contributed by atoms with Gasteiger partial charge in [0.05, 0.1) is 12.7 Å². The molecule has 1 aromatic rings. The fraction of sp³-hybridized carbons (Fsp3) is 0.600. The van der Waals surface area contributed by atoms with Gasteiger partial charge in [-0.15, -0.1) is 5.10 Å². The number of alkyl halides is 3. The molecule has 0 saturated carbocycles. The van der Waals surface area contributed by atoms with Gasteiger partial charge in [-0.2, -0.15) is 23.1 Å². The maximum atomic E-state index is 11.7. The summed E-state index contributed by atoms with van der Waals surface area (Å²) in [5.41, 5.74) is 1.02. The van der Waals surface area contributed by atoms with Crippen LogP contribution in [-0.2, 0) is 6.54 Å². The zero-order chi connectivity index (χ0) is 9.90. The van der Waals surface area contributed by atoms with E-state index in [0.717, 1.165) is 4.80 Å². The Balaban J connectivity index is 2.28. The second-order valence-electron chi connectivity index (χ2n) is 2.16. The first-order valence-electron chi connectivity index (χ1n) is 3.34. The lowest BCUT2D eigenvalue weighted by molar-refractivity contribution is -0.0328. The molecule has 13 heavy (non-hydrogen) atoms. The number of nitrogens with two attached hydrogens (primary N) is 1. The summed E-state index contributed by atoms with van der Waals surface area (Å²) in [5.74, 6) is 0.0921. The number of aryl methyl sites for hydroxylation is 1. The highest BCUT2D eigenvalue weighted by molar-refractivity contribution is 8.00. The predicted molar refractivity (Wildman–Crippen MR) is 42.9 cm³/mol. The number of hydrogen-bond acceptors (Lipinski definition) is 4. The van der Waals surface area contributed by atoms with E-state index in [4.69, 9.17) is 5.73 Å².